The van der Waals surface area contributed by atoms with E-state index in [2.05, 4.69) is 10.5 Å². The predicted octanol–water partition coefficient (Wildman–Crippen LogP) is 1.94. The van der Waals surface area contributed by atoms with Crippen molar-refractivity contribution in [2.24, 2.45) is 22.7 Å². The van der Waals surface area contributed by atoms with E-state index in [1.54, 1.807) is 0 Å². The van der Waals surface area contributed by atoms with Gasteiger partial charge in [-0.15, -0.1) is 0 Å². The van der Waals surface area contributed by atoms with Gasteiger partial charge in [0.25, 0.3) is 0 Å². The van der Waals surface area contributed by atoms with Gasteiger partial charge in [0.15, 0.2) is 5.84 Å². The molecule has 0 aliphatic heterocycles. The molecule has 0 saturated heterocycles. The van der Waals surface area contributed by atoms with Crippen molar-refractivity contribution in [1.82, 2.24) is 5.32 Å². The van der Waals surface area contributed by atoms with Crippen molar-refractivity contribution in [3.8, 4) is 0 Å². The Morgan fingerprint density at radius 3 is 2.29 bits per heavy atom. The Labute approximate surface area is 99.1 Å². The van der Waals surface area contributed by atoms with Gasteiger partial charge >= 0.3 is 6.18 Å². The smallest absolute Gasteiger partial charge is 0.400 e. The Bertz CT molecular complexity index is 256. The topological polar surface area (TPSA) is 70.6 Å². The fourth-order valence-corrected chi connectivity index (χ4v) is 1.32. The number of halogens is 3. The van der Waals surface area contributed by atoms with Gasteiger partial charge in [-0.05, 0) is 12.8 Å². The molecule has 0 spiro atoms. The van der Waals surface area contributed by atoms with E-state index in [-0.39, 0.29) is 18.5 Å². The summed E-state index contributed by atoms with van der Waals surface area (Å²) in [6.45, 7) is 5.34. The lowest BCUT2D eigenvalue weighted by molar-refractivity contribution is -0.155. The van der Waals surface area contributed by atoms with E-state index in [1.165, 1.54) is 0 Å². The molecule has 0 rings (SSSR count). The Hall–Kier alpha value is -0.980. The Morgan fingerprint density at radius 1 is 1.41 bits per heavy atom. The maximum absolute atomic E-state index is 12.6. The van der Waals surface area contributed by atoms with E-state index in [1.807, 2.05) is 20.8 Å². The molecule has 0 fully saturated rings. The highest BCUT2D eigenvalue weighted by Gasteiger charge is 2.42. The number of alkyl halides is 3. The molecule has 0 aromatic heterocycles. The fourth-order valence-electron chi connectivity index (χ4n) is 1.32. The minimum atomic E-state index is -4.52. The van der Waals surface area contributed by atoms with Crippen LogP contribution >= 0.6 is 0 Å². The van der Waals surface area contributed by atoms with Crippen LogP contribution in [0.4, 0.5) is 13.2 Å². The summed E-state index contributed by atoms with van der Waals surface area (Å²) in [6.07, 6.45) is -3.65. The van der Waals surface area contributed by atoms with Crippen molar-refractivity contribution in [1.29, 1.82) is 0 Å². The summed E-state index contributed by atoms with van der Waals surface area (Å²) in [7, 11) is 0. The second-order valence-corrected chi connectivity index (χ2v) is 4.20. The van der Waals surface area contributed by atoms with Crippen molar-refractivity contribution in [3.05, 3.63) is 0 Å². The standard InChI is InChI=1S/C10H20F3N3O/c1-4-6(2)7(3)15-5-8(9(14)16-17)10(11,12)13/h6-8,15,17H,4-5H2,1-3H3,(H2,14,16). The van der Waals surface area contributed by atoms with Crippen LogP contribution in [0.25, 0.3) is 0 Å². The van der Waals surface area contributed by atoms with Gasteiger partial charge in [-0.1, -0.05) is 25.4 Å². The zero-order valence-corrected chi connectivity index (χ0v) is 10.3. The fraction of sp³-hybridized carbons (Fsp3) is 0.900. The second kappa shape index (κ2) is 6.68. The monoisotopic (exact) mass is 255 g/mol. The Morgan fingerprint density at radius 2 is 1.94 bits per heavy atom. The zero-order chi connectivity index (χ0) is 13.6. The van der Waals surface area contributed by atoms with E-state index in [0.717, 1.165) is 6.42 Å². The minimum Gasteiger partial charge on any atom is -0.409 e. The van der Waals surface area contributed by atoms with E-state index in [0.29, 0.717) is 0 Å². The molecule has 7 heteroatoms. The summed E-state index contributed by atoms with van der Waals surface area (Å²) in [6, 6.07) is -0.0589. The molecule has 0 aliphatic rings. The lowest BCUT2D eigenvalue weighted by Gasteiger charge is -2.24. The normalized spacial score (nSPS) is 18.8. The van der Waals surface area contributed by atoms with Crippen LogP contribution in [-0.4, -0.2) is 29.8 Å². The van der Waals surface area contributed by atoms with Gasteiger partial charge < -0.3 is 16.3 Å². The first-order valence-corrected chi connectivity index (χ1v) is 5.51. The molecule has 0 aliphatic carbocycles. The number of nitrogens with two attached hydrogens (primary N) is 1. The molecule has 17 heavy (non-hydrogen) atoms. The number of hydrogen-bond donors (Lipinski definition) is 3. The van der Waals surface area contributed by atoms with Crippen molar-refractivity contribution in [2.75, 3.05) is 6.54 Å². The average molecular weight is 255 g/mol. The summed E-state index contributed by atoms with van der Waals surface area (Å²) in [5.74, 6) is -2.52. The van der Waals surface area contributed by atoms with Crippen LogP contribution in [0.1, 0.15) is 27.2 Å². The van der Waals surface area contributed by atoms with Crippen LogP contribution in [0, 0.1) is 11.8 Å². The SMILES string of the molecule is CCC(C)C(C)NCC(C(N)=NO)C(F)(F)F. The summed E-state index contributed by atoms with van der Waals surface area (Å²) in [5.41, 5.74) is 5.04. The molecule has 4 N–H and O–H groups in total. The highest BCUT2D eigenvalue weighted by atomic mass is 19.4. The average Bonchev–Trinajstić information content (AvgIpc) is 2.25. The van der Waals surface area contributed by atoms with Crippen LogP contribution in [0.5, 0.6) is 0 Å². The molecule has 0 aromatic carbocycles. The maximum Gasteiger partial charge on any atom is 0.400 e. The molecule has 0 amide bonds. The van der Waals surface area contributed by atoms with Gasteiger partial charge in [0.05, 0.1) is 0 Å². The summed E-state index contributed by atoms with van der Waals surface area (Å²) in [4.78, 5) is 0. The second-order valence-electron chi connectivity index (χ2n) is 4.20. The number of nitrogens with zero attached hydrogens (tertiary/aromatic N) is 1. The molecule has 4 nitrogen and oxygen atoms in total. The van der Waals surface area contributed by atoms with Gasteiger partial charge in [-0.25, -0.2) is 0 Å². The van der Waals surface area contributed by atoms with Crippen molar-refractivity contribution in [3.63, 3.8) is 0 Å². The molecule has 0 heterocycles. The maximum atomic E-state index is 12.6. The molecule has 3 atom stereocenters. The van der Waals surface area contributed by atoms with E-state index >= 15 is 0 Å². The van der Waals surface area contributed by atoms with Crippen LogP contribution < -0.4 is 11.1 Å². The molecule has 0 radical (unpaired) electrons. The molecule has 102 valence electrons. The molecule has 3 unspecified atom stereocenters. The molecule has 0 aromatic rings. The molecular weight excluding hydrogens is 235 g/mol. The molecule has 0 saturated carbocycles. The first-order valence-electron chi connectivity index (χ1n) is 5.51. The number of rotatable bonds is 6. The Kier molecular flexibility index (Phi) is 6.30. The van der Waals surface area contributed by atoms with Crippen LogP contribution in [0.3, 0.4) is 0 Å². The third-order valence-corrected chi connectivity index (χ3v) is 3.01. The van der Waals surface area contributed by atoms with Gasteiger partial charge in [0.1, 0.15) is 5.92 Å². The summed E-state index contributed by atoms with van der Waals surface area (Å²) < 4.78 is 37.7. The first-order chi connectivity index (χ1) is 7.73. The van der Waals surface area contributed by atoms with E-state index < -0.39 is 17.9 Å². The number of hydrogen-bond acceptors (Lipinski definition) is 3. The zero-order valence-electron chi connectivity index (χ0n) is 10.3. The number of amidine groups is 1. The largest absolute Gasteiger partial charge is 0.409 e. The lowest BCUT2D eigenvalue weighted by Crippen LogP contribution is -2.46. The third-order valence-electron chi connectivity index (χ3n) is 3.01. The third kappa shape index (κ3) is 5.25. The quantitative estimate of drug-likeness (QED) is 0.294. The van der Waals surface area contributed by atoms with Crippen molar-refractivity contribution >= 4 is 5.84 Å². The van der Waals surface area contributed by atoms with Gasteiger partial charge in [-0.2, -0.15) is 13.2 Å². The van der Waals surface area contributed by atoms with E-state index in [9.17, 15) is 13.2 Å². The molecule has 0 bridgehead atoms. The lowest BCUT2D eigenvalue weighted by atomic mass is 9.99. The predicted molar refractivity (Wildman–Crippen MR) is 59.9 cm³/mol. The van der Waals surface area contributed by atoms with E-state index in [4.69, 9.17) is 10.9 Å². The number of oxime groups is 1. The highest BCUT2D eigenvalue weighted by Crippen LogP contribution is 2.26. The van der Waals surface area contributed by atoms with Gasteiger partial charge in [0, 0.05) is 12.6 Å². The first kappa shape index (κ1) is 16.0. The van der Waals surface area contributed by atoms with Crippen LogP contribution in [0.15, 0.2) is 5.16 Å². The van der Waals surface area contributed by atoms with Crippen LogP contribution in [0.2, 0.25) is 0 Å². The highest BCUT2D eigenvalue weighted by molar-refractivity contribution is 5.83. The minimum absolute atomic E-state index is 0.0589. The van der Waals surface area contributed by atoms with Crippen LogP contribution in [-0.2, 0) is 0 Å². The van der Waals surface area contributed by atoms with Crippen molar-refractivity contribution in [2.45, 2.75) is 39.4 Å². The van der Waals surface area contributed by atoms with Gasteiger partial charge in [0.2, 0.25) is 0 Å². The molecular formula is C10H20F3N3O. The van der Waals surface area contributed by atoms with Crippen molar-refractivity contribution < 1.29 is 18.4 Å². The number of nitrogens with one attached hydrogen (secondary N) is 1. The summed E-state index contributed by atoms with van der Waals surface area (Å²) in [5, 5.41) is 13.5. The van der Waals surface area contributed by atoms with Gasteiger partial charge in [-0.3, -0.25) is 0 Å². The Balaban J connectivity index is 4.48. The summed E-state index contributed by atoms with van der Waals surface area (Å²) >= 11 is 0.